The van der Waals surface area contributed by atoms with E-state index in [9.17, 15) is 5.11 Å². The third kappa shape index (κ3) is 3.54. The van der Waals surface area contributed by atoms with Crippen molar-refractivity contribution in [3.05, 3.63) is 59.4 Å². The normalized spacial score (nSPS) is 21.5. The number of benzene rings is 1. The molecule has 0 bridgehead atoms. The Kier molecular flexibility index (Phi) is 4.94. The SMILES string of the molecule is COc1ccc(CN2C[C@@H](CO)[C@H](c3ccncc3)C2)cc1C. The number of hydrogen-bond donors (Lipinski definition) is 1. The first-order valence-electron chi connectivity index (χ1n) is 8.08. The van der Waals surface area contributed by atoms with Crippen molar-refractivity contribution in [1.29, 1.82) is 0 Å². The van der Waals surface area contributed by atoms with Crippen molar-refractivity contribution in [2.75, 3.05) is 26.8 Å². The molecule has 1 aromatic heterocycles. The van der Waals surface area contributed by atoms with Crippen molar-refractivity contribution in [2.24, 2.45) is 5.92 Å². The Labute approximate surface area is 137 Å². The largest absolute Gasteiger partial charge is 0.496 e. The lowest BCUT2D eigenvalue weighted by atomic mass is 9.90. The Morgan fingerprint density at radius 3 is 2.65 bits per heavy atom. The highest BCUT2D eigenvalue weighted by Crippen LogP contribution is 2.33. The fourth-order valence-corrected chi connectivity index (χ4v) is 3.56. The number of ether oxygens (including phenoxy) is 1. The lowest BCUT2D eigenvalue weighted by Gasteiger charge is -2.17. The lowest BCUT2D eigenvalue weighted by molar-refractivity contribution is 0.214. The minimum Gasteiger partial charge on any atom is -0.496 e. The summed E-state index contributed by atoms with van der Waals surface area (Å²) in [4.78, 5) is 6.52. The maximum atomic E-state index is 9.74. The Hall–Kier alpha value is -1.91. The van der Waals surface area contributed by atoms with Crippen LogP contribution in [0.1, 0.15) is 22.6 Å². The Morgan fingerprint density at radius 1 is 1.22 bits per heavy atom. The molecule has 0 aliphatic carbocycles. The molecule has 0 spiro atoms. The number of aryl methyl sites for hydroxylation is 1. The van der Waals surface area contributed by atoms with E-state index in [4.69, 9.17) is 4.74 Å². The van der Waals surface area contributed by atoms with Gasteiger partial charge in [-0.25, -0.2) is 0 Å². The molecule has 1 aliphatic heterocycles. The summed E-state index contributed by atoms with van der Waals surface area (Å²) >= 11 is 0. The van der Waals surface area contributed by atoms with E-state index in [1.807, 2.05) is 18.5 Å². The van der Waals surface area contributed by atoms with Gasteiger partial charge in [0.15, 0.2) is 0 Å². The van der Waals surface area contributed by atoms with Crippen LogP contribution in [-0.2, 0) is 6.54 Å². The zero-order valence-corrected chi connectivity index (χ0v) is 13.8. The smallest absolute Gasteiger partial charge is 0.121 e. The van der Waals surface area contributed by atoms with Gasteiger partial charge in [-0.2, -0.15) is 0 Å². The van der Waals surface area contributed by atoms with Gasteiger partial charge in [-0.3, -0.25) is 9.88 Å². The second kappa shape index (κ2) is 7.11. The van der Waals surface area contributed by atoms with Crippen molar-refractivity contribution in [1.82, 2.24) is 9.88 Å². The third-order valence-corrected chi connectivity index (χ3v) is 4.75. The molecule has 0 amide bonds. The zero-order chi connectivity index (χ0) is 16.2. The molecule has 2 atom stereocenters. The molecule has 1 saturated heterocycles. The number of nitrogens with zero attached hydrogens (tertiary/aromatic N) is 2. The second-order valence-electron chi connectivity index (χ2n) is 6.33. The standard InChI is InChI=1S/C19H24N2O2/c1-14-9-15(3-4-19(14)23-2)10-21-11-17(13-22)18(12-21)16-5-7-20-8-6-16/h3-9,17-18,22H,10-13H2,1-2H3/t17-,18-/m0/s1. The van der Waals surface area contributed by atoms with Crippen molar-refractivity contribution in [3.8, 4) is 5.75 Å². The molecule has 122 valence electrons. The van der Waals surface area contributed by atoms with E-state index in [-0.39, 0.29) is 12.5 Å². The first kappa shape index (κ1) is 16.0. The molecule has 2 aromatic rings. The number of likely N-dealkylation sites (tertiary alicyclic amines) is 1. The fourth-order valence-electron chi connectivity index (χ4n) is 3.56. The van der Waals surface area contributed by atoms with E-state index in [1.54, 1.807) is 7.11 Å². The lowest BCUT2D eigenvalue weighted by Crippen LogP contribution is -2.21. The monoisotopic (exact) mass is 312 g/mol. The van der Waals surface area contributed by atoms with Gasteiger partial charge >= 0.3 is 0 Å². The Balaban J connectivity index is 1.71. The molecule has 0 radical (unpaired) electrons. The summed E-state index contributed by atoms with van der Waals surface area (Å²) in [5.41, 5.74) is 3.72. The Morgan fingerprint density at radius 2 is 2.00 bits per heavy atom. The number of aromatic nitrogens is 1. The van der Waals surface area contributed by atoms with E-state index in [0.717, 1.165) is 30.9 Å². The Bertz CT molecular complexity index is 645. The van der Waals surface area contributed by atoms with E-state index in [1.165, 1.54) is 11.1 Å². The number of aliphatic hydroxyl groups is 1. The van der Waals surface area contributed by atoms with Gasteiger partial charge in [-0.15, -0.1) is 0 Å². The molecule has 1 fully saturated rings. The van der Waals surface area contributed by atoms with Gasteiger partial charge in [-0.05, 0) is 41.8 Å². The number of aliphatic hydroxyl groups excluding tert-OH is 1. The number of hydrogen-bond acceptors (Lipinski definition) is 4. The maximum Gasteiger partial charge on any atom is 0.121 e. The van der Waals surface area contributed by atoms with Gasteiger partial charge in [0, 0.05) is 50.5 Å². The molecule has 3 rings (SSSR count). The topological polar surface area (TPSA) is 45.6 Å². The first-order valence-corrected chi connectivity index (χ1v) is 8.08. The quantitative estimate of drug-likeness (QED) is 0.922. The van der Waals surface area contributed by atoms with Crippen LogP contribution in [0.15, 0.2) is 42.7 Å². The summed E-state index contributed by atoms with van der Waals surface area (Å²) < 4.78 is 5.33. The predicted molar refractivity (Wildman–Crippen MR) is 90.6 cm³/mol. The molecule has 1 aromatic carbocycles. The zero-order valence-electron chi connectivity index (χ0n) is 13.8. The molecular formula is C19H24N2O2. The van der Waals surface area contributed by atoms with Gasteiger partial charge in [0.2, 0.25) is 0 Å². The van der Waals surface area contributed by atoms with Crippen LogP contribution < -0.4 is 4.74 Å². The average Bonchev–Trinajstić information content (AvgIpc) is 2.99. The van der Waals surface area contributed by atoms with Crippen LogP contribution in [0.4, 0.5) is 0 Å². The summed E-state index contributed by atoms with van der Waals surface area (Å²) in [7, 11) is 1.70. The van der Waals surface area contributed by atoms with Gasteiger partial charge in [-0.1, -0.05) is 12.1 Å². The van der Waals surface area contributed by atoms with Gasteiger partial charge in [0.25, 0.3) is 0 Å². The average molecular weight is 312 g/mol. The van der Waals surface area contributed by atoms with Crippen LogP contribution >= 0.6 is 0 Å². The molecule has 0 saturated carbocycles. The third-order valence-electron chi connectivity index (χ3n) is 4.75. The first-order chi connectivity index (χ1) is 11.2. The molecule has 1 N–H and O–H groups in total. The van der Waals surface area contributed by atoms with Crippen molar-refractivity contribution in [3.63, 3.8) is 0 Å². The highest BCUT2D eigenvalue weighted by molar-refractivity contribution is 5.36. The number of methoxy groups -OCH3 is 1. The molecule has 0 unspecified atom stereocenters. The molecule has 4 nitrogen and oxygen atoms in total. The highest BCUT2D eigenvalue weighted by Gasteiger charge is 2.33. The minimum absolute atomic E-state index is 0.227. The van der Waals surface area contributed by atoms with Gasteiger partial charge in [0.1, 0.15) is 5.75 Å². The van der Waals surface area contributed by atoms with Gasteiger partial charge < -0.3 is 9.84 Å². The summed E-state index contributed by atoms with van der Waals surface area (Å²) in [5, 5.41) is 9.74. The summed E-state index contributed by atoms with van der Waals surface area (Å²) in [6.07, 6.45) is 3.67. The van der Waals surface area contributed by atoms with Crippen LogP contribution in [0.5, 0.6) is 5.75 Å². The van der Waals surface area contributed by atoms with Crippen LogP contribution in [-0.4, -0.2) is 41.8 Å². The van der Waals surface area contributed by atoms with Crippen molar-refractivity contribution < 1.29 is 9.84 Å². The maximum absolute atomic E-state index is 9.74. The summed E-state index contributed by atoms with van der Waals surface area (Å²) in [6.45, 7) is 5.10. The molecule has 2 heterocycles. The minimum atomic E-state index is 0.227. The van der Waals surface area contributed by atoms with E-state index < -0.39 is 0 Å². The van der Waals surface area contributed by atoms with Crippen LogP contribution in [0.2, 0.25) is 0 Å². The molecule has 4 heteroatoms. The van der Waals surface area contributed by atoms with E-state index >= 15 is 0 Å². The van der Waals surface area contributed by atoms with E-state index in [2.05, 4.69) is 41.1 Å². The number of pyridine rings is 1. The fraction of sp³-hybridized carbons (Fsp3) is 0.421. The number of rotatable bonds is 5. The van der Waals surface area contributed by atoms with Crippen LogP contribution in [0.3, 0.4) is 0 Å². The van der Waals surface area contributed by atoms with Crippen molar-refractivity contribution >= 4 is 0 Å². The molecular weight excluding hydrogens is 288 g/mol. The van der Waals surface area contributed by atoms with Crippen molar-refractivity contribution in [2.45, 2.75) is 19.4 Å². The van der Waals surface area contributed by atoms with Crippen LogP contribution in [0.25, 0.3) is 0 Å². The second-order valence-corrected chi connectivity index (χ2v) is 6.33. The molecule has 1 aliphatic rings. The summed E-state index contributed by atoms with van der Waals surface area (Å²) in [5.74, 6) is 1.59. The van der Waals surface area contributed by atoms with Gasteiger partial charge in [0.05, 0.1) is 7.11 Å². The highest BCUT2D eigenvalue weighted by atomic mass is 16.5. The van der Waals surface area contributed by atoms with Crippen LogP contribution in [0, 0.1) is 12.8 Å². The summed E-state index contributed by atoms with van der Waals surface area (Å²) in [6, 6.07) is 10.5. The predicted octanol–water partition coefficient (Wildman–Crippen LogP) is 2.61. The molecule has 23 heavy (non-hydrogen) atoms. The van der Waals surface area contributed by atoms with E-state index in [0.29, 0.717) is 5.92 Å².